The number of nitrogens with zero attached hydrogens (tertiary/aromatic N) is 2. The molecule has 2 N–H and O–H groups in total. The first kappa shape index (κ1) is 12.4. The van der Waals surface area contributed by atoms with Gasteiger partial charge in [-0.2, -0.15) is 4.98 Å². The fourth-order valence-corrected chi connectivity index (χ4v) is 2.15. The zero-order chi connectivity index (χ0) is 13.4. The predicted molar refractivity (Wildman–Crippen MR) is 77.4 cm³/mol. The van der Waals surface area contributed by atoms with Gasteiger partial charge in [-0.05, 0) is 47.8 Å². The van der Waals surface area contributed by atoms with Gasteiger partial charge in [-0.25, -0.2) is 4.98 Å². The molecular weight excluding hydrogens is 306 g/mol. The number of hydrogen-bond donors (Lipinski definition) is 1. The quantitative estimate of drug-likeness (QED) is 0.934. The summed E-state index contributed by atoms with van der Waals surface area (Å²) < 4.78 is 6.75. The molecule has 1 aliphatic carbocycles. The normalized spacial score (nSPS) is 14.4. The molecule has 0 bridgehead atoms. The lowest BCUT2D eigenvalue weighted by Gasteiger charge is -2.11. The number of anilines is 1. The second kappa shape index (κ2) is 4.81. The van der Waals surface area contributed by atoms with Crippen molar-refractivity contribution in [2.75, 3.05) is 5.73 Å². The average molecular weight is 320 g/mol. The van der Waals surface area contributed by atoms with E-state index in [-0.39, 0.29) is 0 Å². The fourth-order valence-electron chi connectivity index (χ4n) is 1.78. The molecule has 0 aliphatic heterocycles. The lowest BCUT2D eigenvalue weighted by atomic mass is 10.3. The average Bonchev–Trinajstić information content (AvgIpc) is 3.21. The molecule has 2 aromatic rings. The first-order valence-electron chi connectivity index (χ1n) is 6.21. The molecule has 1 heterocycles. The van der Waals surface area contributed by atoms with Gasteiger partial charge in [0, 0.05) is 5.92 Å². The highest BCUT2D eigenvalue weighted by Crippen LogP contribution is 2.40. The van der Waals surface area contributed by atoms with Crippen LogP contribution >= 0.6 is 15.9 Å². The maximum atomic E-state index is 5.94. The number of halogens is 1. The van der Waals surface area contributed by atoms with E-state index in [2.05, 4.69) is 25.9 Å². The van der Waals surface area contributed by atoms with Crippen molar-refractivity contribution in [3.8, 4) is 11.6 Å². The van der Waals surface area contributed by atoms with Crippen LogP contribution in [0.4, 0.5) is 5.82 Å². The molecule has 98 valence electrons. The third-order valence-corrected chi connectivity index (χ3v) is 3.80. The van der Waals surface area contributed by atoms with Gasteiger partial charge in [0.2, 0.25) is 5.88 Å². The monoisotopic (exact) mass is 319 g/mol. The summed E-state index contributed by atoms with van der Waals surface area (Å²) in [5.74, 6) is 3.01. The molecule has 0 spiro atoms. The molecule has 1 fully saturated rings. The number of aromatic nitrogens is 2. The molecule has 1 aromatic carbocycles. The molecule has 19 heavy (non-hydrogen) atoms. The number of nitrogens with two attached hydrogens (primary N) is 1. The molecule has 0 atom stereocenters. The van der Waals surface area contributed by atoms with Crippen LogP contribution in [0.1, 0.15) is 30.1 Å². The number of rotatable bonds is 3. The van der Waals surface area contributed by atoms with Gasteiger partial charge in [-0.15, -0.1) is 0 Å². The topological polar surface area (TPSA) is 61.0 Å². The van der Waals surface area contributed by atoms with Crippen molar-refractivity contribution >= 4 is 21.7 Å². The van der Waals surface area contributed by atoms with Crippen molar-refractivity contribution in [1.29, 1.82) is 0 Å². The minimum atomic E-state index is 0.449. The summed E-state index contributed by atoms with van der Waals surface area (Å²) in [5, 5.41) is 0. The summed E-state index contributed by atoms with van der Waals surface area (Å²) in [4.78, 5) is 8.83. The summed E-state index contributed by atoms with van der Waals surface area (Å²) in [6.45, 7) is 1.87. The van der Waals surface area contributed by atoms with E-state index in [0.717, 1.165) is 34.5 Å². The maximum Gasteiger partial charge on any atom is 0.227 e. The first-order valence-corrected chi connectivity index (χ1v) is 7.01. The predicted octanol–water partition coefficient (Wildman–Crippen LogP) is 3.80. The summed E-state index contributed by atoms with van der Waals surface area (Å²) in [7, 11) is 0. The highest BCUT2D eigenvalue weighted by atomic mass is 79.9. The van der Waals surface area contributed by atoms with Crippen molar-refractivity contribution in [3.63, 3.8) is 0 Å². The van der Waals surface area contributed by atoms with Gasteiger partial charge >= 0.3 is 0 Å². The number of ether oxygens (including phenoxy) is 1. The molecule has 5 heteroatoms. The van der Waals surface area contributed by atoms with E-state index >= 15 is 0 Å². The SMILES string of the molecule is Cc1c(N)nc(C2CC2)nc1Oc1ccccc1Br. The van der Waals surface area contributed by atoms with Gasteiger partial charge < -0.3 is 10.5 Å². The Bertz CT molecular complexity index is 626. The molecule has 4 nitrogen and oxygen atoms in total. The van der Waals surface area contributed by atoms with E-state index in [1.807, 2.05) is 31.2 Å². The Morgan fingerprint density at radius 3 is 2.68 bits per heavy atom. The lowest BCUT2D eigenvalue weighted by molar-refractivity contribution is 0.452. The van der Waals surface area contributed by atoms with E-state index in [1.54, 1.807) is 0 Å². The molecule has 1 aromatic heterocycles. The first-order chi connectivity index (χ1) is 9.15. The van der Waals surface area contributed by atoms with Crippen LogP contribution in [0.5, 0.6) is 11.6 Å². The van der Waals surface area contributed by atoms with Gasteiger partial charge in [0.1, 0.15) is 17.4 Å². The number of hydrogen-bond acceptors (Lipinski definition) is 4. The van der Waals surface area contributed by atoms with Crippen LogP contribution in [0.2, 0.25) is 0 Å². The van der Waals surface area contributed by atoms with Crippen molar-refractivity contribution < 1.29 is 4.74 Å². The van der Waals surface area contributed by atoms with Crippen molar-refractivity contribution in [2.24, 2.45) is 0 Å². The summed E-state index contributed by atoms with van der Waals surface area (Å²) in [5.41, 5.74) is 6.71. The smallest absolute Gasteiger partial charge is 0.227 e. The largest absolute Gasteiger partial charge is 0.437 e. The minimum Gasteiger partial charge on any atom is -0.437 e. The van der Waals surface area contributed by atoms with Gasteiger partial charge in [0.25, 0.3) is 0 Å². The lowest BCUT2D eigenvalue weighted by Crippen LogP contribution is -2.04. The van der Waals surface area contributed by atoms with Crippen molar-refractivity contribution in [2.45, 2.75) is 25.7 Å². The third kappa shape index (κ3) is 2.56. The van der Waals surface area contributed by atoms with Crippen LogP contribution in [0.3, 0.4) is 0 Å². The number of nitrogen functional groups attached to an aromatic ring is 1. The Balaban J connectivity index is 1.98. The van der Waals surface area contributed by atoms with E-state index in [1.165, 1.54) is 0 Å². The molecule has 0 amide bonds. The standard InChI is InChI=1S/C14H14BrN3O/c1-8-12(16)17-13(9-6-7-9)18-14(8)19-11-5-3-2-4-10(11)15/h2-5,9H,6-7H2,1H3,(H2,16,17,18). The zero-order valence-electron chi connectivity index (χ0n) is 10.6. The number of para-hydroxylation sites is 1. The van der Waals surface area contributed by atoms with E-state index in [4.69, 9.17) is 10.5 Å². The Kier molecular flexibility index (Phi) is 3.14. The van der Waals surface area contributed by atoms with Crippen LogP contribution in [0.15, 0.2) is 28.7 Å². The molecular formula is C14H14BrN3O. The van der Waals surface area contributed by atoms with E-state index < -0.39 is 0 Å². The van der Waals surface area contributed by atoms with Gasteiger partial charge in [-0.1, -0.05) is 12.1 Å². The van der Waals surface area contributed by atoms with Crippen molar-refractivity contribution in [3.05, 3.63) is 40.1 Å². The minimum absolute atomic E-state index is 0.449. The van der Waals surface area contributed by atoms with Crippen LogP contribution in [0, 0.1) is 6.92 Å². The van der Waals surface area contributed by atoms with Crippen molar-refractivity contribution in [1.82, 2.24) is 9.97 Å². The Morgan fingerprint density at radius 1 is 1.26 bits per heavy atom. The van der Waals surface area contributed by atoms with Gasteiger partial charge in [0.05, 0.1) is 10.0 Å². The molecule has 3 rings (SSSR count). The highest BCUT2D eigenvalue weighted by molar-refractivity contribution is 9.10. The van der Waals surface area contributed by atoms with E-state index in [0.29, 0.717) is 17.6 Å². The molecule has 0 saturated heterocycles. The molecule has 0 unspecified atom stereocenters. The second-order valence-corrected chi connectivity index (χ2v) is 5.56. The van der Waals surface area contributed by atoms with Crippen LogP contribution in [-0.2, 0) is 0 Å². The van der Waals surface area contributed by atoms with E-state index in [9.17, 15) is 0 Å². The summed E-state index contributed by atoms with van der Waals surface area (Å²) in [6, 6.07) is 7.67. The Morgan fingerprint density at radius 2 is 2.00 bits per heavy atom. The molecule has 1 saturated carbocycles. The summed E-state index contributed by atoms with van der Waals surface area (Å²) in [6.07, 6.45) is 2.27. The Labute approximate surface area is 120 Å². The maximum absolute atomic E-state index is 5.94. The van der Waals surface area contributed by atoms with Gasteiger partial charge in [-0.3, -0.25) is 0 Å². The van der Waals surface area contributed by atoms with Gasteiger partial charge in [0.15, 0.2) is 0 Å². The zero-order valence-corrected chi connectivity index (χ0v) is 12.1. The molecule has 0 radical (unpaired) electrons. The molecule has 1 aliphatic rings. The number of benzene rings is 1. The Hall–Kier alpha value is -1.62. The van der Waals surface area contributed by atoms with Crippen LogP contribution < -0.4 is 10.5 Å². The second-order valence-electron chi connectivity index (χ2n) is 4.70. The van der Waals surface area contributed by atoms with Crippen LogP contribution in [-0.4, -0.2) is 9.97 Å². The summed E-state index contributed by atoms with van der Waals surface area (Å²) >= 11 is 3.46. The highest BCUT2D eigenvalue weighted by Gasteiger charge is 2.28. The van der Waals surface area contributed by atoms with Crippen LogP contribution in [0.25, 0.3) is 0 Å². The fraction of sp³-hybridized carbons (Fsp3) is 0.286. The third-order valence-electron chi connectivity index (χ3n) is 3.14.